The standard InChI is InChI=1S/C27H33ClFN3O4/c1-16(2)14-21(31-24(34)18-12-9-13-19(28)22(18)29)25(35)30-20(15-17-10-7-6-8-11-17)23(33)26(36)32-27(3,4)5/h6-13,16,20-21H,14-15H2,1-5H3,(H,30,35)(H,31,34)(H,32,36). The van der Waals surface area contributed by atoms with Gasteiger partial charge in [0.05, 0.1) is 10.6 Å². The Morgan fingerprint density at radius 1 is 0.917 bits per heavy atom. The number of amides is 3. The highest BCUT2D eigenvalue weighted by Gasteiger charge is 2.32. The zero-order valence-corrected chi connectivity index (χ0v) is 21.9. The molecule has 7 nitrogen and oxygen atoms in total. The SMILES string of the molecule is CC(C)CC(NC(=O)c1cccc(Cl)c1F)C(=O)NC(Cc1ccccc1)C(=O)C(=O)NC(C)(C)C. The molecule has 2 aromatic carbocycles. The van der Waals surface area contributed by atoms with Gasteiger partial charge >= 0.3 is 0 Å². The van der Waals surface area contributed by atoms with Gasteiger partial charge in [0, 0.05) is 12.0 Å². The van der Waals surface area contributed by atoms with E-state index in [2.05, 4.69) is 16.0 Å². The van der Waals surface area contributed by atoms with Crippen molar-refractivity contribution >= 4 is 35.1 Å². The summed E-state index contributed by atoms with van der Waals surface area (Å²) in [5.41, 5.74) is -0.209. The fourth-order valence-electron chi connectivity index (χ4n) is 3.51. The lowest BCUT2D eigenvalue weighted by Crippen LogP contribution is -2.56. The van der Waals surface area contributed by atoms with Gasteiger partial charge in [0.1, 0.15) is 12.1 Å². The van der Waals surface area contributed by atoms with Crippen LogP contribution in [0.25, 0.3) is 0 Å². The van der Waals surface area contributed by atoms with Crippen LogP contribution in [-0.4, -0.2) is 41.1 Å². The Kier molecular flexibility index (Phi) is 10.2. The van der Waals surface area contributed by atoms with Crippen molar-refractivity contribution in [1.82, 2.24) is 16.0 Å². The van der Waals surface area contributed by atoms with E-state index in [9.17, 15) is 23.6 Å². The lowest BCUT2D eigenvalue weighted by Gasteiger charge is -2.25. The largest absolute Gasteiger partial charge is 0.345 e. The number of halogens is 2. The number of ketones is 1. The van der Waals surface area contributed by atoms with Crippen LogP contribution in [0.5, 0.6) is 0 Å². The minimum Gasteiger partial charge on any atom is -0.345 e. The Bertz CT molecular complexity index is 1100. The van der Waals surface area contributed by atoms with Crippen molar-refractivity contribution < 1.29 is 23.6 Å². The second-order valence-electron chi connectivity index (χ2n) is 10.1. The normalized spacial score (nSPS) is 13.0. The minimum absolute atomic E-state index is 0.0160. The van der Waals surface area contributed by atoms with E-state index < -0.39 is 46.9 Å². The number of rotatable bonds is 10. The molecule has 36 heavy (non-hydrogen) atoms. The maximum atomic E-state index is 14.4. The molecule has 0 saturated heterocycles. The topological polar surface area (TPSA) is 104 Å². The van der Waals surface area contributed by atoms with Crippen molar-refractivity contribution in [3.8, 4) is 0 Å². The Morgan fingerprint density at radius 2 is 1.56 bits per heavy atom. The third-order valence-corrected chi connectivity index (χ3v) is 5.45. The molecule has 2 unspecified atom stereocenters. The molecule has 0 aliphatic rings. The molecule has 0 aromatic heterocycles. The Balaban J connectivity index is 2.29. The molecule has 3 N–H and O–H groups in total. The summed E-state index contributed by atoms with van der Waals surface area (Å²) in [7, 11) is 0. The van der Waals surface area contributed by atoms with Gasteiger partial charge in [-0.25, -0.2) is 4.39 Å². The van der Waals surface area contributed by atoms with Gasteiger partial charge in [-0.05, 0) is 50.8 Å². The second-order valence-corrected chi connectivity index (χ2v) is 10.5. The highest BCUT2D eigenvalue weighted by atomic mass is 35.5. The fraction of sp³-hybridized carbons (Fsp3) is 0.407. The number of carbonyl (C=O) groups excluding carboxylic acids is 4. The third-order valence-electron chi connectivity index (χ3n) is 5.15. The van der Waals surface area contributed by atoms with Crippen LogP contribution >= 0.6 is 11.6 Å². The molecule has 2 rings (SSSR count). The summed E-state index contributed by atoms with van der Waals surface area (Å²) in [6.07, 6.45) is 0.300. The van der Waals surface area contributed by atoms with Crippen LogP contribution in [-0.2, 0) is 20.8 Å². The van der Waals surface area contributed by atoms with Gasteiger partial charge in [-0.3, -0.25) is 19.2 Å². The number of hydrogen-bond acceptors (Lipinski definition) is 4. The second kappa shape index (κ2) is 12.6. The van der Waals surface area contributed by atoms with Crippen LogP contribution in [0.4, 0.5) is 4.39 Å². The molecule has 0 heterocycles. The number of Topliss-reactive ketones (excluding diaryl/α,β-unsaturated/α-hetero) is 1. The first kappa shape index (κ1) is 29.0. The van der Waals surface area contributed by atoms with E-state index in [1.165, 1.54) is 18.2 Å². The van der Waals surface area contributed by atoms with Crippen molar-refractivity contribution in [2.75, 3.05) is 0 Å². The van der Waals surface area contributed by atoms with Gasteiger partial charge in [0.15, 0.2) is 5.82 Å². The molecule has 9 heteroatoms. The molecule has 2 atom stereocenters. The van der Waals surface area contributed by atoms with E-state index in [-0.39, 0.29) is 29.3 Å². The number of benzene rings is 2. The first-order valence-corrected chi connectivity index (χ1v) is 12.1. The van der Waals surface area contributed by atoms with E-state index in [0.717, 1.165) is 5.56 Å². The van der Waals surface area contributed by atoms with E-state index in [1.54, 1.807) is 45.0 Å². The molecule has 2 aromatic rings. The molecular weight excluding hydrogens is 485 g/mol. The summed E-state index contributed by atoms with van der Waals surface area (Å²) in [5, 5.41) is 7.59. The van der Waals surface area contributed by atoms with Crippen LogP contribution in [0.15, 0.2) is 48.5 Å². The maximum absolute atomic E-state index is 14.4. The van der Waals surface area contributed by atoms with Crippen LogP contribution < -0.4 is 16.0 Å². The number of hydrogen-bond donors (Lipinski definition) is 3. The van der Waals surface area contributed by atoms with Crippen LogP contribution in [0.2, 0.25) is 5.02 Å². The fourth-order valence-corrected chi connectivity index (χ4v) is 3.68. The van der Waals surface area contributed by atoms with Crippen LogP contribution in [0, 0.1) is 11.7 Å². The van der Waals surface area contributed by atoms with E-state index in [0.29, 0.717) is 0 Å². The minimum atomic E-state index is -1.17. The maximum Gasteiger partial charge on any atom is 0.290 e. The Morgan fingerprint density at radius 3 is 2.14 bits per heavy atom. The molecule has 0 aliphatic heterocycles. The van der Waals surface area contributed by atoms with Crippen molar-refractivity contribution in [2.24, 2.45) is 5.92 Å². The molecule has 0 aliphatic carbocycles. The molecule has 0 saturated carbocycles. The van der Waals surface area contributed by atoms with Gasteiger partial charge in [-0.2, -0.15) is 0 Å². The molecule has 0 spiro atoms. The molecule has 0 radical (unpaired) electrons. The predicted octanol–water partition coefficient (Wildman–Crippen LogP) is 3.83. The van der Waals surface area contributed by atoms with E-state index in [4.69, 9.17) is 11.6 Å². The van der Waals surface area contributed by atoms with Crippen molar-refractivity contribution in [3.63, 3.8) is 0 Å². The quantitative estimate of drug-likeness (QED) is 0.416. The molecule has 194 valence electrons. The lowest BCUT2D eigenvalue weighted by atomic mass is 9.98. The van der Waals surface area contributed by atoms with Gasteiger partial charge in [0.25, 0.3) is 11.8 Å². The smallest absolute Gasteiger partial charge is 0.290 e. The van der Waals surface area contributed by atoms with Crippen molar-refractivity contribution in [1.29, 1.82) is 0 Å². The lowest BCUT2D eigenvalue weighted by molar-refractivity contribution is -0.141. The van der Waals surface area contributed by atoms with E-state index in [1.807, 2.05) is 19.9 Å². The zero-order valence-electron chi connectivity index (χ0n) is 21.2. The van der Waals surface area contributed by atoms with Crippen molar-refractivity contribution in [3.05, 3.63) is 70.5 Å². The number of carbonyl (C=O) groups is 4. The van der Waals surface area contributed by atoms with E-state index >= 15 is 0 Å². The van der Waals surface area contributed by atoms with Gasteiger partial charge in [-0.15, -0.1) is 0 Å². The van der Waals surface area contributed by atoms with Gasteiger partial charge < -0.3 is 16.0 Å². The highest BCUT2D eigenvalue weighted by molar-refractivity contribution is 6.38. The summed E-state index contributed by atoms with van der Waals surface area (Å²) in [6.45, 7) is 8.94. The average Bonchev–Trinajstić information content (AvgIpc) is 2.78. The van der Waals surface area contributed by atoms with Crippen LogP contribution in [0.3, 0.4) is 0 Å². The monoisotopic (exact) mass is 517 g/mol. The first-order chi connectivity index (χ1) is 16.8. The summed E-state index contributed by atoms with van der Waals surface area (Å²) >= 11 is 5.79. The average molecular weight is 518 g/mol. The summed E-state index contributed by atoms with van der Waals surface area (Å²) in [6, 6.07) is 10.7. The Hall–Kier alpha value is -3.26. The zero-order chi connectivity index (χ0) is 27.0. The molecule has 3 amide bonds. The summed E-state index contributed by atoms with van der Waals surface area (Å²) < 4.78 is 14.4. The van der Waals surface area contributed by atoms with Crippen molar-refractivity contribution in [2.45, 2.75) is 65.1 Å². The summed E-state index contributed by atoms with van der Waals surface area (Å²) in [4.78, 5) is 51.7. The first-order valence-electron chi connectivity index (χ1n) is 11.7. The van der Waals surface area contributed by atoms with Gasteiger partial charge in [0.2, 0.25) is 11.7 Å². The van der Waals surface area contributed by atoms with Gasteiger partial charge in [-0.1, -0.05) is 61.8 Å². The Labute approximate surface area is 216 Å². The summed E-state index contributed by atoms with van der Waals surface area (Å²) in [5.74, 6) is -4.01. The third kappa shape index (κ3) is 8.75. The molecular formula is C27H33ClFN3O4. The number of nitrogens with one attached hydrogen (secondary N) is 3. The predicted molar refractivity (Wildman–Crippen MR) is 137 cm³/mol. The van der Waals surface area contributed by atoms with Crippen LogP contribution in [0.1, 0.15) is 57.0 Å². The highest BCUT2D eigenvalue weighted by Crippen LogP contribution is 2.18. The molecule has 0 bridgehead atoms. The molecule has 0 fully saturated rings.